The van der Waals surface area contributed by atoms with Gasteiger partial charge in [0, 0.05) is 18.9 Å². The molecule has 0 aromatic rings. The van der Waals surface area contributed by atoms with Gasteiger partial charge in [-0.25, -0.2) is 0 Å². The van der Waals surface area contributed by atoms with Gasteiger partial charge in [-0.2, -0.15) is 0 Å². The third-order valence-electron chi connectivity index (χ3n) is 7.75. The first kappa shape index (κ1) is 31.0. The van der Waals surface area contributed by atoms with Gasteiger partial charge in [-0.1, -0.05) is 116 Å². The van der Waals surface area contributed by atoms with Crippen molar-refractivity contribution in [3.05, 3.63) is 0 Å². The summed E-state index contributed by atoms with van der Waals surface area (Å²) in [6, 6.07) is 0.435. The third kappa shape index (κ3) is 19.3. The van der Waals surface area contributed by atoms with Crippen LogP contribution in [0.3, 0.4) is 0 Å². The summed E-state index contributed by atoms with van der Waals surface area (Å²) in [6.07, 6.45) is 30.8. The minimum atomic E-state index is -0.164. The van der Waals surface area contributed by atoms with Crippen molar-refractivity contribution in [1.29, 1.82) is 0 Å². The highest BCUT2D eigenvalue weighted by Crippen LogP contribution is 2.29. The van der Waals surface area contributed by atoms with Crippen molar-refractivity contribution < 1.29 is 9.59 Å². The number of carbonyl (C=O) groups excluding carboxylic acids is 2. The molecule has 1 aliphatic carbocycles. The predicted molar refractivity (Wildman–Crippen MR) is 146 cm³/mol. The number of rotatable bonds is 23. The van der Waals surface area contributed by atoms with Crippen LogP contribution in [-0.4, -0.2) is 17.9 Å². The zero-order chi connectivity index (χ0) is 24.7. The summed E-state index contributed by atoms with van der Waals surface area (Å²) in [5.74, 6) is 1.01. The molecule has 0 spiro atoms. The van der Waals surface area contributed by atoms with Gasteiger partial charge in [-0.05, 0) is 44.4 Å². The maximum Gasteiger partial charge on any atom is 0.220 e. The van der Waals surface area contributed by atoms with Gasteiger partial charge in [0.15, 0.2) is 0 Å². The largest absolute Gasteiger partial charge is 0.370 e. The van der Waals surface area contributed by atoms with Gasteiger partial charge in [-0.3, -0.25) is 9.59 Å². The fraction of sp³-hybridized carbons (Fsp3) is 0.933. The van der Waals surface area contributed by atoms with Gasteiger partial charge >= 0.3 is 0 Å². The van der Waals surface area contributed by atoms with Crippen LogP contribution in [0.15, 0.2) is 0 Å². The number of amides is 2. The molecule has 2 amide bonds. The summed E-state index contributed by atoms with van der Waals surface area (Å²) in [7, 11) is 0. The van der Waals surface area contributed by atoms with Crippen molar-refractivity contribution in [3.63, 3.8) is 0 Å². The zero-order valence-electron chi connectivity index (χ0n) is 22.7. The summed E-state index contributed by atoms with van der Waals surface area (Å²) >= 11 is 0. The number of hydrogen-bond donors (Lipinski definition) is 2. The Morgan fingerprint density at radius 3 is 1.56 bits per heavy atom. The summed E-state index contributed by atoms with van der Waals surface area (Å²) in [5.41, 5.74) is 5.17. The molecule has 1 saturated carbocycles. The minimum absolute atomic E-state index is 0.164. The molecule has 200 valence electrons. The highest BCUT2D eigenvalue weighted by Gasteiger charge is 2.21. The normalized spacial score (nSPS) is 18.1. The van der Waals surface area contributed by atoms with E-state index in [0.29, 0.717) is 18.4 Å². The lowest BCUT2D eigenvalue weighted by Gasteiger charge is -2.29. The molecule has 0 atom stereocenters. The quantitative estimate of drug-likeness (QED) is 0.145. The molecular weight excluding hydrogens is 420 g/mol. The van der Waals surface area contributed by atoms with Crippen molar-refractivity contribution >= 4 is 11.8 Å². The van der Waals surface area contributed by atoms with Gasteiger partial charge in [0.2, 0.25) is 11.8 Å². The number of unbranched alkanes of at least 4 members (excludes halogenated alkanes) is 16. The van der Waals surface area contributed by atoms with Crippen molar-refractivity contribution in [3.8, 4) is 0 Å². The van der Waals surface area contributed by atoms with E-state index in [9.17, 15) is 9.59 Å². The van der Waals surface area contributed by atoms with Gasteiger partial charge < -0.3 is 11.1 Å². The SMILES string of the molecule is CCCCCCCCCCCC(=O)NC1CCC(CCCCCCCCCCCC(N)=O)CC1. The number of primary amides is 1. The van der Waals surface area contributed by atoms with E-state index in [2.05, 4.69) is 12.2 Å². The van der Waals surface area contributed by atoms with Gasteiger partial charge in [-0.15, -0.1) is 0 Å². The van der Waals surface area contributed by atoms with Crippen LogP contribution in [0.2, 0.25) is 0 Å². The molecule has 0 unspecified atom stereocenters. The molecule has 34 heavy (non-hydrogen) atoms. The van der Waals surface area contributed by atoms with Crippen molar-refractivity contribution in [2.75, 3.05) is 0 Å². The molecule has 0 saturated heterocycles. The molecular formula is C30H58N2O2. The Balaban J connectivity index is 1.86. The van der Waals surface area contributed by atoms with E-state index in [0.717, 1.165) is 31.6 Å². The van der Waals surface area contributed by atoms with E-state index < -0.39 is 0 Å². The molecule has 0 aromatic carbocycles. The van der Waals surface area contributed by atoms with E-state index in [1.54, 1.807) is 0 Å². The van der Waals surface area contributed by atoms with Crippen molar-refractivity contribution in [2.24, 2.45) is 11.7 Å². The third-order valence-corrected chi connectivity index (χ3v) is 7.75. The van der Waals surface area contributed by atoms with Crippen molar-refractivity contribution in [1.82, 2.24) is 5.32 Å². The average Bonchev–Trinajstić information content (AvgIpc) is 2.82. The Kier molecular flexibility index (Phi) is 20.4. The van der Waals surface area contributed by atoms with Crippen LogP contribution in [0, 0.1) is 5.92 Å². The van der Waals surface area contributed by atoms with Crippen LogP contribution < -0.4 is 11.1 Å². The molecule has 0 radical (unpaired) electrons. The maximum atomic E-state index is 12.3. The Morgan fingerprint density at radius 2 is 1.06 bits per heavy atom. The number of carbonyl (C=O) groups is 2. The summed E-state index contributed by atoms with van der Waals surface area (Å²) in [5, 5.41) is 3.32. The van der Waals surface area contributed by atoms with Gasteiger partial charge in [0.25, 0.3) is 0 Å². The molecule has 3 N–H and O–H groups in total. The fourth-order valence-electron chi connectivity index (χ4n) is 5.46. The second-order valence-corrected chi connectivity index (χ2v) is 11.1. The topological polar surface area (TPSA) is 72.2 Å². The zero-order valence-corrected chi connectivity index (χ0v) is 22.7. The Morgan fingerprint density at radius 1 is 0.618 bits per heavy atom. The lowest BCUT2D eigenvalue weighted by atomic mass is 9.83. The first-order valence-corrected chi connectivity index (χ1v) is 15.2. The molecule has 0 heterocycles. The molecule has 4 nitrogen and oxygen atoms in total. The molecule has 1 aliphatic rings. The average molecular weight is 479 g/mol. The second-order valence-electron chi connectivity index (χ2n) is 11.1. The lowest BCUT2D eigenvalue weighted by molar-refractivity contribution is -0.122. The van der Waals surface area contributed by atoms with Gasteiger partial charge in [0.05, 0.1) is 0 Å². The van der Waals surface area contributed by atoms with E-state index in [4.69, 9.17) is 5.73 Å². The number of nitrogens with one attached hydrogen (secondary N) is 1. The predicted octanol–water partition coefficient (Wildman–Crippen LogP) is 8.36. The van der Waals surface area contributed by atoms with Crippen LogP contribution >= 0.6 is 0 Å². The van der Waals surface area contributed by atoms with Crippen LogP contribution in [0.25, 0.3) is 0 Å². The van der Waals surface area contributed by atoms with Gasteiger partial charge in [0.1, 0.15) is 0 Å². The minimum Gasteiger partial charge on any atom is -0.370 e. The molecule has 1 rings (SSSR count). The molecule has 4 heteroatoms. The Bertz CT molecular complexity index is 486. The molecule has 0 aromatic heterocycles. The second kappa shape index (κ2) is 22.4. The number of nitrogens with two attached hydrogens (primary N) is 1. The van der Waals surface area contributed by atoms with E-state index >= 15 is 0 Å². The van der Waals surface area contributed by atoms with E-state index in [1.165, 1.54) is 128 Å². The summed E-state index contributed by atoms with van der Waals surface area (Å²) < 4.78 is 0. The van der Waals surface area contributed by atoms with Crippen LogP contribution in [0.4, 0.5) is 0 Å². The van der Waals surface area contributed by atoms with E-state index in [1.807, 2.05) is 0 Å². The first-order valence-electron chi connectivity index (χ1n) is 15.2. The molecule has 1 fully saturated rings. The highest BCUT2D eigenvalue weighted by molar-refractivity contribution is 5.76. The van der Waals surface area contributed by atoms with E-state index in [-0.39, 0.29) is 5.91 Å². The standard InChI is InChI=1S/C30H58N2O2/c1-2-3-4-5-6-8-13-16-19-22-30(34)32-28-25-23-27(24-26-28)20-17-14-11-9-7-10-12-15-18-21-29(31)33/h27-28H,2-26H2,1H3,(H2,31,33)(H,32,34). The molecule has 0 bridgehead atoms. The van der Waals surface area contributed by atoms with Crippen LogP contribution in [0.1, 0.15) is 167 Å². The van der Waals surface area contributed by atoms with Crippen LogP contribution in [-0.2, 0) is 9.59 Å². The molecule has 0 aliphatic heterocycles. The Labute approximate surface area is 212 Å². The lowest BCUT2D eigenvalue weighted by Crippen LogP contribution is -2.37. The van der Waals surface area contributed by atoms with Crippen molar-refractivity contribution in [2.45, 2.75) is 173 Å². The Hall–Kier alpha value is -1.06. The van der Waals surface area contributed by atoms with Crippen LogP contribution in [0.5, 0.6) is 0 Å². The highest BCUT2D eigenvalue weighted by atomic mass is 16.2. The first-order chi connectivity index (χ1) is 16.6. The fourth-order valence-corrected chi connectivity index (χ4v) is 5.46. The summed E-state index contributed by atoms with van der Waals surface area (Å²) in [4.78, 5) is 23.0. The summed E-state index contributed by atoms with van der Waals surface area (Å²) in [6.45, 7) is 2.27. The maximum absolute atomic E-state index is 12.3. The smallest absolute Gasteiger partial charge is 0.220 e. The monoisotopic (exact) mass is 478 g/mol. The number of hydrogen-bond acceptors (Lipinski definition) is 2.